The zero-order chi connectivity index (χ0) is 22.6. The van der Waals surface area contributed by atoms with Crippen molar-refractivity contribution in [2.75, 3.05) is 29.0 Å². The van der Waals surface area contributed by atoms with Crippen LogP contribution < -0.4 is 9.62 Å². The first-order chi connectivity index (χ1) is 14.7. The molecule has 8 heteroatoms. The van der Waals surface area contributed by atoms with Gasteiger partial charge >= 0.3 is 0 Å². The largest absolute Gasteiger partial charge is 0.339 e. The molecular weight excluding hydrogens is 414 g/mol. The van der Waals surface area contributed by atoms with E-state index in [1.807, 2.05) is 13.0 Å². The van der Waals surface area contributed by atoms with E-state index in [-0.39, 0.29) is 12.3 Å². The molecule has 2 aromatic carbocycles. The van der Waals surface area contributed by atoms with Crippen LogP contribution in [0.2, 0.25) is 0 Å². The number of carbonyl (C=O) groups is 2. The highest BCUT2D eigenvalue weighted by Crippen LogP contribution is 2.25. The smallest absolute Gasteiger partial charge is 0.255 e. The van der Waals surface area contributed by atoms with Crippen LogP contribution in [-0.2, 0) is 14.8 Å². The topological polar surface area (TPSA) is 86.8 Å². The van der Waals surface area contributed by atoms with Crippen LogP contribution in [0.15, 0.2) is 48.5 Å². The van der Waals surface area contributed by atoms with Crippen molar-refractivity contribution in [1.82, 2.24) is 4.90 Å². The fourth-order valence-corrected chi connectivity index (χ4v) is 5.11. The van der Waals surface area contributed by atoms with E-state index in [9.17, 15) is 18.0 Å². The highest BCUT2D eigenvalue weighted by atomic mass is 32.2. The highest BCUT2D eigenvalue weighted by molar-refractivity contribution is 7.92. The molecule has 0 aromatic heterocycles. The first kappa shape index (κ1) is 22.8. The second-order valence-corrected chi connectivity index (χ2v) is 9.72. The molecule has 0 saturated carbocycles. The minimum atomic E-state index is -3.73. The van der Waals surface area contributed by atoms with Gasteiger partial charge in [-0.1, -0.05) is 31.2 Å². The molecule has 1 fully saturated rings. The number of likely N-dealkylation sites (tertiary alicyclic amines) is 1. The molecule has 0 aliphatic carbocycles. The molecule has 2 aromatic rings. The lowest BCUT2D eigenvalue weighted by atomic mass is 10.1. The van der Waals surface area contributed by atoms with E-state index in [0.29, 0.717) is 30.0 Å². The predicted octanol–water partition coefficient (Wildman–Crippen LogP) is 3.41. The van der Waals surface area contributed by atoms with E-state index in [1.54, 1.807) is 54.3 Å². The lowest BCUT2D eigenvalue weighted by Gasteiger charge is -2.30. The van der Waals surface area contributed by atoms with Gasteiger partial charge < -0.3 is 10.2 Å². The van der Waals surface area contributed by atoms with Crippen LogP contribution in [0.1, 0.15) is 42.1 Å². The Morgan fingerprint density at radius 3 is 2.39 bits per heavy atom. The fraction of sp³-hybridized carbons (Fsp3) is 0.391. The molecule has 0 bridgehead atoms. The number of amides is 2. The minimum absolute atomic E-state index is 0.125. The Hall–Kier alpha value is -2.87. The second kappa shape index (κ2) is 9.51. The molecule has 166 valence electrons. The number of hydrogen-bond acceptors (Lipinski definition) is 4. The van der Waals surface area contributed by atoms with E-state index in [4.69, 9.17) is 0 Å². The normalized spacial score (nSPS) is 14.9. The third-order valence-electron chi connectivity index (χ3n) is 5.39. The SMILES string of the molecule is CC[C@H](C(=O)Nc1ccccc1C(=O)N1CCCC1)N(c1cccc(C)c1)S(C)(=O)=O. The Kier molecular flexibility index (Phi) is 7.00. The van der Waals surface area contributed by atoms with Gasteiger partial charge in [-0.15, -0.1) is 0 Å². The third-order valence-corrected chi connectivity index (χ3v) is 6.57. The van der Waals surface area contributed by atoms with Gasteiger partial charge in [0, 0.05) is 13.1 Å². The molecule has 0 unspecified atom stereocenters. The summed E-state index contributed by atoms with van der Waals surface area (Å²) in [7, 11) is -3.73. The van der Waals surface area contributed by atoms with Crippen LogP contribution in [0.5, 0.6) is 0 Å². The molecule has 1 aliphatic heterocycles. The van der Waals surface area contributed by atoms with E-state index in [0.717, 1.165) is 29.0 Å². The van der Waals surface area contributed by atoms with Crippen molar-refractivity contribution in [3.05, 3.63) is 59.7 Å². The molecule has 1 heterocycles. The van der Waals surface area contributed by atoms with Gasteiger partial charge in [-0.25, -0.2) is 8.42 Å². The monoisotopic (exact) mass is 443 g/mol. The van der Waals surface area contributed by atoms with E-state index >= 15 is 0 Å². The van der Waals surface area contributed by atoms with Crippen molar-refractivity contribution in [2.45, 2.75) is 39.2 Å². The lowest BCUT2D eigenvalue weighted by Crippen LogP contribution is -2.47. The Labute approximate surface area is 184 Å². The molecule has 1 saturated heterocycles. The van der Waals surface area contributed by atoms with E-state index in [1.165, 1.54) is 0 Å². The van der Waals surface area contributed by atoms with Crippen LogP contribution in [-0.4, -0.2) is 50.5 Å². The van der Waals surface area contributed by atoms with Gasteiger partial charge in [0.05, 0.1) is 23.2 Å². The standard InChI is InChI=1S/C23H29N3O4S/c1-4-21(26(31(3,29)30)18-11-9-10-17(2)16-18)22(27)24-20-13-6-5-12-19(20)23(28)25-14-7-8-15-25/h5-6,9-13,16,21H,4,7-8,14-15H2,1-3H3,(H,24,27)/t21-/m1/s1. The molecule has 0 radical (unpaired) electrons. The average Bonchev–Trinajstić information content (AvgIpc) is 3.25. The van der Waals surface area contributed by atoms with E-state index < -0.39 is 22.0 Å². The number of anilines is 2. The predicted molar refractivity (Wildman–Crippen MR) is 123 cm³/mol. The molecular formula is C23H29N3O4S. The van der Waals surface area contributed by atoms with Crippen molar-refractivity contribution < 1.29 is 18.0 Å². The molecule has 7 nitrogen and oxygen atoms in total. The summed E-state index contributed by atoms with van der Waals surface area (Å²) < 4.78 is 26.4. The Bertz CT molecular complexity index is 1060. The number of nitrogens with zero attached hydrogens (tertiary/aromatic N) is 2. The number of rotatable bonds is 7. The summed E-state index contributed by atoms with van der Waals surface area (Å²) in [5.41, 5.74) is 2.13. The molecule has 0 spiro atoms. The molecule has 1 N–H and O–H groups in total. The zero-order valence-corrected chi connectivity index (χ0v) is 19.0. The number of para-hydroxylation sites is 1. The lowest BCUT2D eigenvalue weighted by molar-refractivity contribution is -0.117. The summed E-state index contributed by atoms with van der Waals surface area (Å²) in [5, 5.41) is 2.81. The summed E-state index contributed by atoms with van der Waals surface area (Å²) in [6.45, 7) is 5.03. The van der Waals surface area contributed by atoms with Crippen LogP contribution in [0.25, 0.3) is 0 Å². The summed E-state index contributed by atoms with van der Waals surface area (Å²) in [6, 6.07) is 12.9. The number of nitrogens with one attached hydrogen (secondary N) is 1. The van der Waals surface area contributed by atoms with Gasteiger partial charge in [-0.2, -0.15) is 0 Å². The van der Waals surface area contributed by atoms with Gasteiger partial charge in [0.2, 0.25) is 15.9 Å². The van der Waals surface area contributed by atoms with E-state index in [2.05, 4.69) is 5.32 Å². The number of hydrogen-bond donors (Lipinski definition) is 1. The maximum atomic E-state index is 13.2. The first-order valence-corrected chi connectivity index (χ1v) is 12.3. The van der Waals surface area contributed by atoms with Gasteiger partial charge in [0.15, 0.2) is 0 Å². The maximum Gasteiger partial charge on any atom is 0.255 e. The Morgan fingerprint density at radius 1 is 1.10 bits per heavy atom. The molecule has 1 aliphatic rings. The molecule has 31 heavy (non-hydrogen) atoms. The van der Waals surface area contributed by atoms with Crippen molar-refractivity contribution in [3.63, 3.8) is 0 Å². The average molecular weight is 444 g/mol. The van der Waals surface area contributed by atoms with Crippen molar-refractivity contribution in [1.29, 1.82) is 0 Å². The van der Waals surface area contributed by atoms with Crippen LogP contribution in [0.3, 0.4) is 0 Å². The van der Waals surface area contributed by atoms with Gasteiger partial charge in [0.1, 0.15) is 6.04 Å². The first-order valence-electron chi connectivity index (χ1n) is 10.5. The third kappa shape index (κ3) is 5.25. The second-order valence-electron chi connectivity index (χ2n) is 7.86. The molecule has 1 atom stereocenters. The number of aryl methyl sites for hydroxylation is 1. The minimum Gasteiger partial charge on any atom is -0.339 e. The summed E-state index contributed by atoms with van der Waals surface area (Å²) in [5.74, 6) is -0.601. The summed E-state index contributed by atoms with van der Waals surface area (Å²) in [6.07, 6.45) is 3.31. The van der Waals surface area contributed by atoms with Gasteiger partial charge in [0.25, 0.3) is 5.91 Å². The van der Waals surface area contributed by atoms with Gasteiger partial charge in [-0.05, 0) is 56.0 Å². The zero-order valence-electron chi connectivity index (χ0n) is 18.2. The van der Waals surface area contributed by atoms with Gasteiger partial charge in [-0.3, -0.25) is 13.9 Å². The van der Waals surface area contributed by atoms with Crippen LogP contribution in [0, 0.1) is 6.92 Å². The number of benzene rings is 2. The summed E-state index contributed by atoms with van der Waals surface area (Å²) in [4.78, 5) is 27.9. The maximum absolute atomic E-state index is 13.2. The van der Waals surface area contributed by atoms with Crippen LogP contribution >= 0.6 is 0 Å². The quantitative estimate of drug-likeness (QED) is 0.710. The number of sulfonamides is 1. The molecule has 2 amide bonds. The molecule has 3 rings (SSSR count). The van der Waals surface area contributed by atoms with Crippen molar-refractivity contribution in [3.8, 4) is 0 Å². The fourth-order valence-electron chi connectivity index (χ4n) is 3.91. The number of carbonyl (C=O) groups excluding carboxylic acids is 2. The Morgan fingerprint density at radius 2 is 1.77 bits per heavy atom. The Balaban J connectivity index is 1.91. The highest BCUT2D eigenvalue weighted by Gasteiger charge is 2.32. The van der Waals surface area contributed by atoms with Crippen molar-refractivity contribution in [2.24, 2.45) is 0 Å². The summed E-state index contributed by atoms with van der Waals surface area (Å²) >= 11 is 0. The van der Waals surface area contributed by atoms with Crippen molar-refractivity contribution >= 4 is 33.2 Å². The van der Waals surface area contributed by atoms with Crippen LogP contribution in [0.4, 0.5) is 11.4 Å².